The molecule has 1 aliphatic rings. The zero-order chi connectivity index (χ0) is 20.3. The van der Waals surface area contributed by atoms with Crippen LogP contribution in [0.5, 0.6) is 0 Å². The lowest BCUT2D eigenvalue weighted by Gasteiger charge is -2.13. The summed E-state index contributed by atoms with van der Waals surface area (Å²) in [6, 6.07) is 5.73. The fourth-order valence-corrected chi connectivity index (χ4v) is 4.80. The molecule has 148 valence electrons. The van der Waals surface area contributed by atoms with Crippen molar-refractivity contribution in [2.75, 3.05) is 17.2 Å². The molecule has 0 aliphatic heterocycles. The topological polar surface area (TPSA) is 84.5 Å². The van der Waals surface area contributed by atoms with Crippen molar-refractivity contribution in [3.05, 3.63) is 45.3 Å². The number of hydrogen-bond acceptors (Lipinski definition) is 5. The Morgan fingerprint density at radius 2 is 1.71 bits per heavy atom. The molecule has 6 nitrogen and oxygen atoms in total. The summed E-state index contributed by atoms with van der Waals surface area (Å²) >= 11 is 1.43. The number of anilines is 2. The van der Waals surface area contributed by atoms with Crippen LogP contribution in [0.25, 0.3) is 0 Å². The van der Waals surface area contributed by atoms with E-state index in [0.717, 1.165) is 47.3 Å². The van der Waals surface area contributed by atoms with Gasteiger partial charge in [-0.1, -0.05) is 6.07 Å². The lowest BCUT2D eigenvalue weighted by Crippen LogP contribution is -2.22. The molecule has 0 spiro atoms. The molecule has 2 aromatic rings. The largest absolute Gasteiger partial charge is 0.452 e. The first-order chi connectivity index (χ1) is 13.3. The van der Waals surface area contributed by atoms with E-state index in [1.807, 2.05) is 32.0 Å². The number of hydrogen-bond donors (Lipinski definition) is 2. The van der Waals surface area contributed by atoms with Crippen LogP contribution >= 0.6 is 11.3 Å². The van der Waals surface area contributed by atoms with E-state index in [1.165, 1.54) is 18.3 Å². The minimum Gasteiger partial charge on any atom is -0.452 e. The van der Waals surface area contributed by atoms with E-state index in [1.54, 1.807) is 0 Å². The average molecular weight is 401 g/mol. The maximum absolute atomic E-state index is 12.7. The number of nitrogens with one attached hydrogen (secondary N) is 2. The summed E-state index contributed by atoms with van der Waals surface area (Å²) in [4.78, 5) is 37.5. The lowest BCUT2D eigenvalue weighted by molar-refractivity contribution is -0.119. The van der Waals surface area contributed by atoms with Crippen molar-refractivity contribution in [2.24, 2.45) is 0 Å². The Morgan fingerprint density at radius 3 is 2.39 bits per heavy atom. The van der Waals surface area contributed by atoms with Gasteiger partial charge in [0.05, 0.1) is 5.56 Å². The van der Waals surface area contributed by atoms with Crippen molar-refractivity contribution in [1.29, 1.82) is 0 Å². The number of carbonyl (C=O) groups excluding carboxylic acids is 3. The van der Waals surface area contributed by atoms with Crippen molar-refractivity contribution in [3.8, 4) is 0 Å². The maximum atomic E-state index is 12.7. The molecule has 0 saturated heterocycles. The quantitative estimate of drug-likeness (QED) is 0.743. The Hall–Kier alpha value is -2.67. The number of rotatable bonds is 5. The molecule has 0 fully saturated rings. The van der Waals surface area contributed by atoms with Crippen LogP contribution in [0, 0.1) is 13.8 Å². The molecule has 0 bridgehead atoms. The molecule has 2 amide bonds. The van der Waals surface area contributed by atoms with E-state index in [2.05, 4.69) is 10.6 Å². The second kappa shape index (κ2) is 8.56. The van der Waals surface area contributed by atoms with Crippen molar-refractivity contribution < 1.29 is 19.1 Å². The van der Waals surface area contributed by atoms with Gasteiger partial charge in [0, 0.05) is 17.5 Å². The Kier molecular flexibility index (Phi) is 6.14. The van der Waals surface area contributed by atoms with E-state index in [9.17, 15) is 14.4 Å². The molecule has 1 aromatic carbocycles. The Morgan fingerprint density at radius 1 is 1.04 bits per heavy atom. The predicted molar refractivity (Wildman–Crippen MR) is 110 cm³/mol. The number of carbonyl (C=O) groups is 3. The summed E-state index contributed by atoms with van der Waals surface area (Å²) in [5, 5.41) is 5.99. The summed E-state index contributed by atoms with van der Waals surface area (Å²) in [7, 11) is 0. The van der Waals surface area contributed by atoms with Crippen LogP contribution in [-0.2, 0) is 27.2 Å². The van der Waals surface area contributed by atoms with Gasteiger partial charge in [0.2, 0.25) is 5.91 Å². The van der Waals surface area contributed by atoms with Gasteiger partial charge in [0.15, 0.2) is 6.61 Å². The maximum Gasteiger partial charge on any atom is 0.341 e. The first-order valence-corrected chi connectivity index (χ1v) is 10.1. The third-order valence-electron chi connectivity index (χ3n) is 4.50. The van der Waals surface area contributed by atoms with Gasteiger partial charge in [-0.25, -0.2) is 4.79 Å². The molecule has 3 rings (SSSR count). The number of ether oxygens (including phenoxy) is 1. The second-order valence-electron chi connectivity index (χ2n) is 7.10. The Labute approximate surface area is 168 Å². The minimum atomic E-state index is -0.571. The van der Waals surface area contributed by atoms with Crippen LogP contribution in [0.15, 0.2) is 18.2 Å². The molecular formula is C21H24N2O4S. The molecule has 0 saturated carbocycles. The summed E-state index contributed by atoms with van der Waals surface area (Å²) in [5.74, 6) is -1.21. The Bertz CT molecular complexity index is 912. The van der Waals surface area contributed by atoms with Crippen LogP contribution in [0.3, 0.4) is 0 Å². The van der Waals surface area contributed by atoms with Gasteiger partial charge in [-0.05, 0) is 68.4 Å². The Balaban J connectivity index is 1.69. The second-order valence-corrected chi connectivity index (χ2v) is 8.20. The van der Waals surface area contributed by atoms with Crippen LogP contribution in [-0.4, -0.2) is 24.4 Å². The molecule has 2 N–H and O–H groups in total. The SMILES string of the molecule is CC(=O)Nc1sc2c(c1C(=O)OCC(=O)Nc1cc(C)cc(C)c1)CCCC2. The fraction of sp³-hybridized carbons (Fsp3) is 0.381. The molecule has 0 radical (unpaired) electrons. The first kappa shape index (κ1) is 20.1. The average Bonchev–Trinajstić information content (AvgIpc) is 2.95. The van der Waals surface area contributed by atoms with Crippen LogP contribution in [0.2, 0.25) is 0 Å². The summed E-state index contributed by atoms with van der Waals surface area (Å²) in [5.41, 5.74) is 4.09. The molecular weight excluding hydrogens is 376 g/mol. The molecule has 7 heteroatoms. The number of amides is 2. The summed E-state index contributed by atoms with van der Waals surface area (Å²) < 4.78 is 5.27. The van der Waals surface area contributed by atoms with Crippen molar-refractivity contribution in [1.82, 2.24) is 0 Å². The third kappa shape index (κ3) is 4.78. The normalized spacial score (nSPS) is 12.8. The third-order valence-corrected chi connectivity index (χ3v) is 5.71. The van der Waals surface area contributed by atoms with Crippen LogP contribution in [0.4, 0.5) is 10.7 Å². The van der Waals surface area contributed by atoms with E-state index in [-0.39, 0.29) is 12.5 Å². The molecule has 1 aromatic heterocycles. The van der Waals surface area contributed by atoms with E-state index in [4.69, 9.17) is 4.74 Å². The van der Waals surface area contributed by atoms with Gasteiger partial charge in [-0.3, -0.25) is 9.59 Å². The van der Waals surface area contributed by atoms with Crippen molar-refractivity contribution in [3.63, 3.8) is 0 Å². The number of aryl methyl sites for hydroxylation is 3. The lowest BCUT2D eigenvalue weighted by atomic mass is 9.95. The zero-order valence-corrected chi connectivity index (χ0v) is 17.1. The van der Waals surface area contributed by atoms with Crippen molar-refractivity contribution in [2.45, 2.75) is 46.5 Å². The molecule has 1 heterocycles. The van der Waals surface area contributed by atoms with Gasteiger partial charge in [0.25, 0.3) is 5.91 Å². The molecule has 28 heavy (non-hydrogen) atoms. The summed E-state index contributed by atoms with van der Waals surface area (Å²) in [6.45, 7) is 4.93. The highest BCUT2D eigenvalue weighted by Gasteiger charge is 2.27. The number of esters is 1. The van der Waals surface area contributed by atoms with Crippen LogP contribution in [0.1, 0.15) is 51.7 Å². The molecule has 0 unspecified atom stereocenters. The smallest absolute Gasteiger partial charge is 0.341 e. The number of fused-ring (bicyclic) bond motifs is 1. The molecule has 0 atom stereocenters. The predicted octanol–water partition coefficient (Wildman–Crippen LogP) is 4.00. The zero-order valence-electron chi connectivity index (χ0n) is 16.3. The first-order valence-electron chi connectivity index (χ1n) is 9.31. The van der Waals surface area contributed by atoms with Gasteiger partial charge in [0.1, 0.15) is 5.00 Å². The van der Waals surface area contributed by atoms with E-state index < -0.39 is 11.9 Å². The monoisotopic (exact) mass is 400 g/mol. The standard InChI is InChI=1S/C21H24N2O4S/c1-12-8-13(2)10-15(9-12)23-18(25)11-27-21(26)19-16-6-4-5-7-17(16)28-20(19)22-14(3)24/h8-10H,4-7,11H2,1-3H3,(H,22,24)(H,23,25). The van der Waals surface area contributed by atoms with Crippen LogP contribution < -0.4 is 10.6 Å². The summed E-state index contributed by atoms with van der Waals surface area (Å²) in [6.07, 6.45) is 3.74. The highest BCUT2D eigenvalue weighted by molar-refractivity contribution is 7.17. The van der Waals surface area contributed by atoms with Gasteiger partial charge in [-0.2, -0.15) is 0 Å². The fourth-order valence-electron chi connectivity index (χ4n) is 3.48. The van der Waals surface area contributed by atoms with Gasteiger partial charge >= 0.3 is 5.97 Å². The minimum absolute atomic E-state index is 0.236. The highest BCUT2D eigenvalue weighted by Crippen LogP contribution is 2.38. The van der Waals surface area contributed by atoms with E-state index >= 15 is 0 Å². The highest BCUT2D eigenvalue weighted by atomic mass is 32.1. The van der Waals surface area contributed by atoms with E-state index in [0.29, 0.717) is 16.3 Å². The molecule has 1 aliphatic carbocycles. The van der Waals surface area contributed by atoms with Gasteiger partial charge < -0.3 is 15.4 Å². The van der Waals surface area contributed by atoms with Crippen molar-refractivity contribution >= 4 is 39.8 Å². The van der Waals surface area contributed by atoms with Gasteiger partial charge in [-0.15, -0.1) is 11.3 Å². The number of thiophene rings is 1. The number of benzene rings is 1.